The van der Waals surface area contributed by atoms with Gasteiger partial charge in [0.25, 0.3) is 5.70 Å². The maximum absolute atomic E-state index is 11.3. The zero-order valence-electron chi connectivity index (χ0n) is 9.43. The number of allylic oxidation sites excluding steroid dienone is 1. The Kier molecular flexibility index (Phi) is 5.57. The molecule has 1 heterocycles. The highest BCUT2D eigenvalue weighted by atomic mass is 32.2. The SMILES string of the molecule is C=C(CC(=C1SCCS1)[N+](=O)[O-])C(=O)OCC. The van der Waals surface area contributed by atoms with Gasteiger partial charge >= 0.3 is 5.97 Å². The van der Waals surface area contributed by atoms with E-state index in [0.29, 0.717) is 4.24 Å². The van der Waals surface area contributed by atoms with E-state index in [1.807, 2.05) is 0 Å². The molecule has 1 fully saturated rings. The second kappa shape index (κ2) is 6.70. The predicted molar refractivity (Wildman–Crippen MR) is 69.3 cm³/mol. The van der Waals surface area contributed by atoms with Crippen molar-refractivity contribution in [2.45, 2.75) is 13.3 Å². The summed E-state index contributed by atoms with van der Waals surface area (Å²) in [5, 5.41) is 10.9. The van der Waals surface area contributed by atoms with Crippen LogP contribution in [0, 0.1) is 10.1 Å². The van der Waals surface area contributed by atoms with E-state index in [1.54, 1.807) is 6.92 Å². The molecule has 0 spiro atoms. The second-order valence-electron chi connectivity index (χ2n) is 3.19. The summed E-state index contributed by atoms with van der Waals surface area (Å²) in [6.07, 6.45) is -0.0544. The lowest BCUT2D eigenvalue weighted by atomic mass is 10.2. The fourth-order valence-electron chi connectivity index (χ4n) is 1.20. The van der Waals surface area contributed by atoms with Crippen LogP contribution in [0.4, 0.5) is 0 Å². The van der Waals surface area contributed by atoms with Gasteiger partial charge in [0.2, 0.25) is 0 Å². The topological polar surface area (TPSA) is 69.4 Å². The Balaban J connectivity index is 2.75. The van der Waals surface area contributed by atoms with E-state index in [0.717, 1.165) is 11.5 Å². The van der Waals surface area contributed by atoms with Crippen LogP contribution < -0.4 is 0 Å². The maximum Gasteiger partial charge on any atom is 0.333 e. The fraction of sp³-hybridized carbons (Fsp3) is 0.500. The summed E-state index contributed by atoms with van der Waals surface area (Å²) in [5.74, 6) is 1.16. The van der Waals surface area contributed by atoms with Crippen LogP contribution in [0.25, 0.3) is 0 Å². The van der Waals surface area contributed by atoms with Crippen molar-refractivity contribution in [1.82, 2.24) is 0 Å². The molecule has 1 aliphatic rings. The molecule has 0 bridgehead atoms. The summed E-state index contributed by atoms with van der Waals surface area (Å²) >= 11 is 2.91. The number of thioether (sulfide) groups is 2. The van der Waals surface area contributed by atoms with Crippen molar-refractivity contribution in [3.63, 3.8) is 0 Å². The third-order valence-corrected chi connectivity index (χ3v) is 4.73. The number of ether oxygens (including phenoxy) is 1. The molecule has 0 aliphatic carbocycles. The minimum absolute atomic E-state index is 0.0514. The van der Waals surface area contributed by atoms with Gasteiger partial charge in [-0.15, -0.1) is 23.5 Å². The molecule has 0 aromatic heterocycles. The van der Waals surface area contributed by atoms with Gasteiger partial charge in [0.1, 0.15) is 4.24 Å². The summed E-state index contributed by atoms with van der Waals surface area (Å²) in [6.45, 7) is 5.46. The molecule has 0 saturated carbocycles. The van der Waals surface area contributed by atoms with Gasteiger partial charge in [-0.25, -0.2) is 4.79 Å². The monoisotopic (exact) mass is 275 g/mol. The highest BCUT2D eigenvalue weighted by molar-refractivity contribution is 8.25. The average Bonchev–Trinajstić information content (AvgIpc) is 2.78. The first-order chi connectivity index (χ1) is 8.06. The van der Waals surface area contributed by atoms with E-state index in [1.165, 1.54) is 23.5 Å². The lowest BCUT2D eigenvalue weighted by molar-refractivity contribution is -0.426. The van der Waals surface area contributed by atoms with Gasteiger partial charge in [0, 0.05) is 17.1 Å². The average molecular weight is 275 g/mol. The van der Waals surface area contributed by atoms with Crippen molar-refractivity contribution in [3.8, 4) is 0 Å². The van der Waals surface area contributed by atoms with Crippen LogP contribution in [0.3, 0.4) is 0 Å². The number of esters is 1. The number of hydrogen-bond donors (Lipinski definition) is 0. The highest BCUT2D eigenvalue weighted by Crippen LogP contribution is 2.40. The van der Waals surface area contributed by atoms with Crippen molar-refractivity contribution in [1.29, 1.82) is 0 Å². The number of carbonyl (C=O) groups is 1. The van der Waals surface area contributed by atoms with Gasteiger partial charge in [-0.2, -0.15) is 0 Å². The van der Waals surface area contributed by atoms with Crippen LogP contribution in [0.15, 0.2) is 22.1 Å². The van der Waals surface area contributed by atoms with Crippen molar-refractivity contribution >= 4 is 29.5 Å². The summed E-state index contributed by atoms with van der Waals surface area (Å²) in [4.78, 5) is 21.8. The first-order valence-corrected chi connectivity index (χ1v) is 7.01. The Labute approximate surface area is 108 Å². The quantitative estimate of drug-likeness (QED) is 0.332. The lowest BCUT2D eigenvalue weighted by Crippen LogP contribution is -2.10. The first kappa shape index (κ1) is 14.1. The summed E-state index contributed by atoms with van der Waals surface area (Å²) < 4.78 is 5.43. The molecule has 94 valence electrons. The number of nitrogens with zero attached hydrogens (tertiary/aromatic N) is 1. The predicted octanol–water partition coefficient (Wildman–Crippen LogP) is 2.42. The molecular formula is C10H13NO4S2. The van der Waals surface area contributed by atoms with Crippen LogP contribution in [-0.2, 0) is 9.53 Å². The summed E-state index contributed by atoms with van der Waals surface area (Å²) in [7, 11) is 0. The molecule has 0 unspecified atom stereocenters. The largest absolute Gasteiger partial charge is 0.463 e. The molecule has 5 nitrogen and oxygen atoms in total. The summed E-state index contributed by atoms with van der Waals surface area (Å²) in [5.41, 5.74) is 0.176. The van der Waals surface area contributed by atoms with Crippen LogP contribution in [-0.4, -0.2) is 29.0 Å². The van der Waals surface area contributed by atoms with Gasteiger partial charge in [0.15, 0.2) is 0 Å². The zero-order valence-corrected chi connectivity index (χ0v) is 11.1. The van der Waals surface area contributed by atoms with Crippen molar-refractivity contribution in [2.24, 2.45) is 0 Å². The molecule has 0 amide bonds. The Morgan fingerprint density at radius 2 is 2.12 bits per heavy atom. The number of rotatable bonds is 5. The van der Waals surface area contributed by atoms with Gasteiger partial charge < -0.3 is 4.74 Å². The summed E-state index contributed by atoms with van der Waals surface area (Å²) in [6, 6.07) is 0. The molecule has 0 atom stereocenters. The van der Waals surface area contributed by atoms with E-state index in [-0.39, 0.29) is 24.3 Å². The number of nitro groups is 1. The minimum Gasteiger partial charge on any atom is -0.463 e. The molecule has 1 aliphatic heterocycles. The molecule has 17 heavy (non-hydrogen) atoms. The minimum atomic E-state index is -0.569. The Morgan fingerprint density at radius 1 is 1.53 bits per heavy atom. The standard InChI is InChI=1S/C10H13NO4S2/c1-3-15-9(12)7(2)6-8(11(13)14)10-16-4-5-17-10/h2-6H2,1H3. The van der Waals surface area contributed by atoms with Crippen LogP contribution in [0.5, 0.6) is 0 Å². The molecule has 0 N–H and O–H groups in total. The van der Waals surface area contributed by atoms with Crippen LogP contribution in [0.2, 0.25) is 0 Å². The van der Waals surface area contributed by atoms with Gasteiger partial charge in [-0.3, -0.25) is 10.1 Å². The maximum atomic E-state index is 11.3. The van der Waals surface area contributed by atoms with Crippen molar-refractivity contribution < 1.29 is 14.5 Å². The number of hydrogen-bond acceptors (Lipinski definition) is 6. The van der Waals surface area contributed by atoms with Crippen LogP contribution >= 0.6 is 23.5 Å². The molecule has 0 aromatic rings. The lowest BCUT2D eigenvalue weighted by Gasteiger charge is -2.05. The molecule has 1 saturated heterocycles. The fourth-order valence-corrected chi connectivity index (χ4v) is 3.69. The van der Waals surface area contributed by atoms with Crippen LogP contribution in [0.1, 0.15) is 13.3 Å². The third-order valence-electron chi connectivity index (χ3n) is 1.95. The smallest absolute Gasteiger partial charge is 0.333 e. The molecule has 0 radical (unpaired) electrons. The number of carbonyl (C=O) groups excluding carboxylic acids is 1. The Bertz CT molecular complexity index is 371. The van der Waals surface area contributed by atoms with Gasteiger partial charge in [-0.1, -0.05) is 6.58 Å². The molecule has 1 rings (SSSR count). The Morgan fingerprint density at radius 3 is 2.59 bits per heavy atom. The molecule has 7 heteroatoms. The van der Waals surface area contributed by atoms with E-state index >= 15 is 0 Å². The first-order valence-electron chi connectivity index (χ1n) is 5.04. The van der Waals surface area contributed by atoms with E-state index in [2.05, 4.69) is 6.58 Å². The molecular weight excluding hydrogens is 262 g/mol. The van der Waals surface area contributed by atoms with Crippen molar-refractivity contribution in [2.75, 3.05) is 18.1 Å². The Hall–Kier alpha value is -0.950. The third kappa shape index (κ3) is 4.08. The van der Waals surface area contributed by atoms with Crippen molar-refractivity contribution in [3.05, 3.63) is 32.2 Å². The second-order valence-corrected chi connectivity index (χ2v) is 5.66. The highest BCUT2D eigenvalue weighted by Gasteiger charge is 2.26. The zero-order chi connectivity index (χ0) is 12.8. The van der Waals surface area contributed by atoms with Gasteiger partial charge in [0.05, 0.1) is 18.0 Å². The van der Waals surface area contributed by atoms with E-state index in [9.17, 15) is 14.9 Å². The van der Waals surface area contributed by atoms with Gasteiger partial charge in [-0.05, 0) is 6.92 Å². The normalized spacial score (nSPS) is 14.5. The van der Waals surface area contributed by atoms with E-state index < -0.39 is 10.9 Å². The van der Waals surface area contributed by atoms with E-state index in [4.69, 9.17) is 4.74 Å². The molecule has 0 aromatic carbocycles.